The van der Waals surface area contributed by atoms with Crippen molar-refractivity contribution in [1.82, 2.24) is 9.80 Å². The molecule has 138 valence electrons. The lowest BCUT2D eigenvalue weighted by Gasteiger charge is -2.37. The second kappa shape index (κ2) is 8.11. The summed E-state index contributed by atoms with van der Waals surface area (Å²) in [4.78, 5) is 19.1. The van der Waals surface area contributed by atoms with Crippen molar-refractivity contribution in [2.24, 2.45) is 0 Å². The first-order valence-electron chi connectivity index (χ1n) is 8.98. The van der Waals surface area contributed by atoms with Crippen LogP contribution in [0.5, 0.6) is 0 Å². The van der Waals surface area contributed by atoms with Crippen LogP contribution in [0, 0.1) is 6.92 Å². The summed E-state index contributed by atoms with van der Waals surface area (Å²) in [7, 11) is 4.08. The maximum absolute atomic E-state index is 12.8. The molecule has 1 heterocycles. The number of hydrogen-bond donors (Lipinski definition) is 0. The Balaban J connectivity index is 1.62. The van der Waals surface area contributed by atoms with Gasteiger partial charge in [0.15, 0.2) is 0 Å². The summed E-state index contributed by atoms with van der Waals surface area (Å²) in [6, 6.07) is 13.9. The fraction of sp³-hybridized carbons (Fsp3) is 0.381. The number of nitrogens with zero attached hydrogens (tertiary/aromatic N) is 3. The standard InChI is InChI=1S/C21H26ClN3O/c1-16-4-9-19(22)14-20(16)24-10-12-25(13-11-24)21(26)18-7-5-17(6-8-18)15-23(2)3/h4-9,14H,10-13,15H2,1-3H3. The number of benzene rings is 2. The molecule has 1 fully saturated rings. The number of hydrogen-bond acceptors (Lipinski definition) is 3. The van der Waals surface area contributed by atoms with Gasteiger partial charge in [-0.2, -0.15) is 0 Å². The molecule has 2 aromatic rings. The second-order valence-electron chi connectivity index (χ2n) is 7.14. The molecule has 26 heavy (non-hydrogen) atoms. The van der Waals surface area contributed by atoms with Gasteiger partial charge in [0, 0.05) is 49.0 Å². The zero-order valence-electron chi connectivity index (χ0n) is 15.7. The predicted molar refractivity (Wildman–Crippen MR) is 108 cm³/mol. The predicted octanol–water partition coefficient (Wildman–Crippen LogP) is 3.67. The fourth-order valence-corrected chi connectivity index (χ4v) is 3.54. The van der Waals surface area contributed by atoms with Crippen LogP contribution in [0.15, 0.2) is 42.5 Å². The molecule has 0 bridgehead atoms. The monoisotopic (exact) mass is 371 g/mol. The third-order valence-corrected chi connectivity index (χ3v) is 5.01. The lowest BCUT2D eigenvalue weighted by Crippen LogP contribution is -2.49. The molecule has 0 aromatic heterocycles. The molecule has 1 aliphatic heterocycles. The van der Waals surface area contributed by atoms with Crippen molar-refractivity contribution in [3.63, 3.8) is 0 Å². The van der Waals surface area contributed by atoms with Crippen LogP contribution in [0.2, 0.25) is 5.02 Å². The smallest absolute Gasteiger partial charge is 0.253 e. The van der Waals surface area contributed by atoms with Gasteiger partial charge in [-0.25, -0.2) is 0 Å². The Morgan fingerprint density at radius 2 is 1.69 bits per heavy atom. The molecule has 1 saturated heterocycles. The first-order valence-corrected chi connectivity index (χ1v) is 9.36. The van der Waals surface area contributed by atoms with Crippen LogP contribution in [-0.2, 0) is 6.54 Å². The molecule has 2 aromatic carbocycles. The largest absolute Gasteiger partial charge is 0.368 e. The maximum Gasteiger partial charge on any atom is 0.253 e. The molecular formula is C21H26ClN3O. The molecule has 0 spiro atoms. The number of aryl methyl sites for hydroxylation is 1. The lowest BCUT2D eigenvalue weighted by molar-refractivity contribution is 0.0747. The van der Waals surface area contributed by atoms with E-state index in [4.69, 9.17) is 11.6 Å². The van der Waals surface area contributed by atoms with E-state index in [-0.39, 0.29) is 5.91 Å². The molecule has 5 heteroatoms. The van der Waals surface area contributed by atoms with Crippen molar-refractivity contribution in [2.45, 2.75) is 13.5 Å². The SMILES string of the molecule is Cc1ccc(Cl)cc1N1CCN(C(=O)c2ccc(CN(C)C)cc2)CC1. The first-order chi connectivity index (χ1) is 12.4. The highest BCUT2D eigenvalue weighted by Crippen LogP contribution is 2.25. The number of rotatable bonds is 4. The number of anilines is 1. The highest BCUT2D eigenvalue weighted by molar-refractivity contribution is 6.30. The Labute approximate surface area is 161 Å². The van der Waals surface area contributed by atoms with Crippen molar-refractivity contribution in [2.75, 3.05) is 45.2 Å². The van der Waals surface area contributed by atoms with Gasteiger partial charge in [-0.05, 0) is 56.4 Å². The number of amides is 1. The van der Waals surface area contributed by atoms with Crippen molar-refractivity contribution < 1.29 is 4.79 Å². The van der Waals surface area contributed by atoms with Gasteiger partial charge in [-0.3, -0.25) is 4.79 Å². The Kier molecular flexibility index (Phi) is 5.84. The number of carbonyl (C=O) groups excluding carboxylic acids is 1. The fourth-order valence-electron chi connectivity index (χ4n) is 3.37. The van der Waals surface area contributed by atoms with E-state index in [1.165, 1.54) is 11.1 Å². The third kappa shape index (κ3) is 4.37. The van der Waals surface area contributed by atoms with Crippen LogP contribution in [0.3, 0.4) is 0 Å². The van der Waals surface area contributed by atoms with Gasteiger partial charge in [-0.1, -0.05) is 29.8 Å². The molecular weight excluding hydrogens is 346 g/mol. The lowest BCUT2D eigenvalue weighted by atomic mass is 10.1. The Morgan fingerprint density at radius 3 is 2.31 bits per heavy atom. The van der Waals surface area contributed by atoms with E-state index in [1.54, 1.807) is 0 Å². The van der Waals surface area contributed by atoms with Gasteiger partial charge in [-0.15, -0.1) is 0 Å². The summed E-state index contributed by atoms with van der Waals surface area (Å²) >= 11 is 6.15. The molecule has 0 radical (unpaired) electrons. The highest BCUT2D eigenvalue weighted by atomic mass is 35.5. The molecule has 0 aliphatic carbocycles. The zero-order chi connectivity index (χ0) is 18.7. The van der Waals surface area contributed by atoms with Crippen molar-refractivity contribution in [1.29, 1.82) is 0 Å². The Hall–Kier alpha value is -2.04. The minimum absolute atomic E-state index is 0.115. The van der Waals surface area contributed by atoms with E-state index in [1.807, 2.05) is 61.5 Å². The van der Waals surface area contributed by atoms with Gasteiger partial charge in [0.05, 0.1) is 0 Å². The van der Waals surface area contributed by atoms with Crippen LogP contribution in [0.25, 0.3) is 0 Å². The first kappa shape index (κ1) is 18.7. The molecule has 0 unspecified atom stereocenters. The summed E-state index contributed by atoms with van der Waals surface area (Å²) < 4.78 is 0. The minimum atomic E-state index is 0.115. The van der Waals surface area contributed by atoms with E-state index < -0.39 is 0 Å². The highest BCUT2D eigenvalue weighted by Gasteiger charge is 2.23. The van der Waals surface area contributed by atoms with Gasteiger partial charge in [0.2, 0.25) is 0 Å². The van der Waals surface area contributed by atoms with Crippen LogP contribution in [-0.4, -0.2) is 56.0 Å². The third-order valence-electron chi connectivity index (χ3n) is 4.78. The Bertz CT molecular complexity index is 765. The van der Waals surface area contributed by atoms with E-state index in [2.05, 4.69) is 16.7 Å². The van der Waals surface area contributed by atoms with E-state index in [0.717, 1.165) is 49.0 Å². The van der Waals surface area contributed by atoms with Crippen LogP contribution < -0.4 is 4.90 Å². The van der Waals surface area contributed by atoms with Crippen molar-refractivity contribution >= 4 is 23.2 Å². The summed E-state index contributed by atoms with van der Waals surface area (Å²) in [5.74, 6) is 0.115. The van der Waals surface area contributed by atoms with Crippen LogP contribution in [0.4, 0.5) is 5.69 Å². The average Bonchev–Trinajstić information content (AvgIpc) is 2.63. The molecule has 0 atom stereocenters. The molecule has 4 nitrogen and oxygen atoms in total. The molecule has 0 saturated carbocycles. The van der Waals surface area contributed by atoms with E-state index in [9.17, 15) is 4.79 Å². The molecule has 3 rings (SSSR count). The topological polar surface area (TPSA) is 26.8 Å². The summed E-state index contributed by atoms with van der Waals surface area (Å²) in [6.07, 6.45) is 0. The molecule has 0 N–H and O–H groups in total. The van der Waals surface area contributed by atoms with Crippen molar-refractivity contribution in [3.8, 4) is 0 Å². The number of carbonyl (C=O) groups is 1. The van der Waals surface area contributed by atoms with Gasteiger partial charge in [0.1, 0.15) is 0 Å². The summed E-state index contributed by atoms with van der Waals surface area (Å²) in [5.41, 5.74) is 4.36. The average molecular weight is 372 g/mol. The second-order valence-corrected chi connectivity index (χ2v) is 7.58. The normalized spacial score (nSPS) is 14.8. The summed E-state index contributed by atoms with van der Waals surface area (Å²) in [6.45, 7) is 6.08. The van der Waals surface area contributed by atoms with E-state index >= 15 is 0 Å². The zero-order valence-corrected chi connectivity index (χ0v) is 16.5. The Morgan fingerprint density at radius 1 is 1.04 bits per heavy atom. The van der Waals surface area contributed by atoms with Gasteiger partial charge < -0.3 is 14.7 Å². The van der Waals surface area contributed by atoms with Gasteiger partial charge >= 0.3 is 0 Å². The number of piperazine rings is 1. The minimum Gasteiger partial charge on any atom is -0.368 e. The van der Waals surface area contributed by atoms with Crippen LogP contribution >= 0.6 is 11.6 Å². The summed E-state index contributed by atoms with van der Waals surface area (Å²) in [5, 5.41) is 0.752. The maximum atomic E-state index is 12.8. The quantitative estimate of drug-likeness (QED) is 0.820. The number of halogens is 1. The van der Waals surface area contributed by atoms with Crippen LogP contribution in [0.1, 0.15) is 21.5 Å². The molecule has 1 amide bonds. The van der Waals surface area contributed by atoms with Gasteiger partial charge in [0.25, 0.3) is 5.91 Å². The van der Waals surface area contributed by atoms with E-state index in [0.29, 0.717) is 0 Å². The van der Waals surface area contributed by atoms with Crippen molar-refractivity contribution in [3.05, 3.63) is 64.2 Å². The molecule has 1 aliphatic rings.